The van der Waals surface area contributed by atoms with Gasteiger partial charge in [0, 0.05) is 10.8 Å². The lowest BCUT2D eigenvalue weighted by Crippen LogP contribution is -2.07. The SMILES string of the molecule is CC/C=C/[C@@H](c1cccs1)[C@@H](O)c1ccccc1. The summed E-state index contributed by atoms with van der Waals surface area (Å²) >= 11 is 1.69. The number of thiophene rings is 1. The first-order valence-corrected chi connectivity index (χ1v) is 7.14. The molecule has 2 aromatic rings. The van der Waals surface area contributed by atoms with Gasteiger partial charge in [-0.1, -0.05) is 55.5 Å². The Morgan fingerprint density at radius 2 is 1.94 bits per heavy atom. The summed E-state index contributed by atoms with van der Waals surface area (Å²) in [6.45, 7) is 2.11. The van der Waals surface area contributed by atoms with Crippen LogP contribution in [0, 0.1) is 0 Å². The fourth-order valence-electron chi connectivity index (χ4n) is 1.98. The van der Waals surface area contributed by atoms with Crippen molar-refractivity contribution >= 4 is 11.3 Å². The van der Waals surface area contributed by atoms with Crippen LogP contribution in [0.4, 0.5) is 0 Å². The van der Waals surface area contributed by atoms with E-state index in [1.165, 1.54) is 4.88 Å². The van der Waals surface area contributed by atoms with E-state index < -0.39 is 6.10 Å². The van der Waals surface area contributed by atoms with Crippen LogP contribution in [0.2, 0.25) is 0 Å². The summed E-state index contributed by atoms with van der Waals surface area (Å²) in [5, 5.41) is 12.6. The zero-order valence-corrected chi connectivity index (χ0v) is 11.3. The van der Waals surface area contributed by atoms with E-state index in [0.717, 1.165) is 12.0 Å². The van der Waals surface area contributed by atoms with Gasteiger partial charge in [0.2, 0.25) is 0 Å². The molecule has 0 aliphatic carbocycles. The molecule has 1 aromatic carbocycles. The molecule has 0 spiro atoms. The number of aliphatic hydroxyl groups is 1. The minimum atomic E-state index is -0.479. The Morgan fingerprint density at radius 3 is 2.56 bits per heavy atom. The number of benzene rings is 1. The van der Waals surface area contributed by atoms with Gasteiger partial charge >= 0.3 is 0 Å². The molecule has 2 heteroatoms. The molecule has 0 fully saturated rings. The van der Waals surface area contributed by atoms with Crippen LogP contribution in [-0.4, -0.2) is 5.11 Å². The van der Waals surface area contributed by atoms with Gasteiger partial charge in [0.15, 0.2) is 0 Å². The van der Waals surface area contributed by atoms with Crippen molar-refractivity contribution < 1.29 is 5.11 Å². The highest BCUT2D eigenvalue weighted by Crippen LogP contribution is 2.34. The molecule has 2 atom stereocenters. The maximum absolute atomic E-state index is 10.5. The fraction of sp³-hybridized carbons (Fsp3) is 0.250. The highest BCUT2D eigenvalue weighted by molar-refractivity contribution is 7.10. The predicted molar refractivity (Wildman–Crippen MR) is 77.9 cm³/mol. The summed E-state index contributed by atoms with van der Waals surface area (Å²) in [7, 11) is 0. The van der Waals surface area contributed by atoms with Crippen molar-refractivity contribution in [3.05, 3.63) is 70.4 Å². The van der Waals surface area contributed by atoms with Crippen LogP contribution < -0.4 is 0 Å². The molecule has 1 aromatic heterocycles. The van der Waals surface area contributed by atoms with E-state index in [1.54, 1.807) is 11.3 Å². The Kier molecular flexibility index (Phi) is 4.73. The highest BCUT2D eigenvalue weighted by atomic mass is 32.1. The maximum atomic E-state index is 10.5. The Morgan fingerprint density at radius 1 is 1.17 bits per heavy atom. The molecule has 0 bridgehead atoms. The summed E-state index contributed by atoms with van der Waals surface area (Å²) in [5.41, 5.74) is 0.969. The minimum Gasteiger partial charge on any atom is -0.387 e. The summed E-state index contributed by atoms with van der Waals surface area (Å²) < 4.78 is 0. The van der Waals surface area contributed by atoms with E-state index in [9.17, 15) is 5.11 Å². The second-order valence-electron chi connectivity index (χ2n) is 4.23. The predicted octanol–water partition coefficient (Wildman–Crippen LogP) is 4.53. The summed E-state index contributed by atoms with van der Waals surface area (Å²) in [6.07, 6.45) is 4.75. The van der Waals surface area contributed by atoms with Gasteiger partial charge in [0.05, 0.1) is 6.10 Å². The fourth-order valence-corrected chi connectivity index (χ4v) is 2.81. The topological polar surface area (TPSA) is 20.2 Å². The van der Waals surface area contributed by atoms with Gasteiger partial charge in [-0.3, -0.25) is 0 Å². The maximum Gasteiger partial charge on any atom is 0.0901 e. The molecule has 0 aliphatic heterocycles. The van der Waals surface area contributed by atoms with Crippen LogP contribution in [-0.2, 0) is 0 Å². The summed E-state index contributed by atoms with van der Waals surface area (Å²) in [6, 6.07) is 14.0. The zero-order chi connectivity index (χ0) is 12.8. The van der Waals surface area contributed by atoms with E-state index in [1.807, 2.05) is 36.4 Å². The number of aliphatic hydroxyl groups excluding tert-OH is 1. The van der Waals surface area contributed by atoms with Gasteiger partial charge < -0.3 is 5.11 Å². The zero-order valence-electron chi connectivity index (χ0n) is 10.5. The first-order valence-electron chi connectivity index (χ1n) is 6.26. The van der Waals surface area contributed by atoms with Gasteiger partial charge in [-0.25, -0.2) is 0 Å². The van der Waals surface area contributed by atoms with Crippen molar-refractivity contribution in [3.8, 4) is 0 Å². The Labute approximate surface area is 112 Å². The third kappa shape index (κ3) is 3.09. The molecule has 18 heavy (non-hydrogen) atoms. The van der Waals surface area contributed by atoms with E-state index in [0.29, 0.717) is 0 Å². The summed E-state index contributed by atoms with van der Waals surface area (Å²) in [5.74, 6) is 0.0485. The smallest absolute Gasteiger partial charge is 0.0901 e. The number of allylic oxidation sites excluding steroid dienone is 1. The molecule has 1 N–H and O–H groups in total. The normalized spacial score (nSPS) is 14.8. The average Bonchev–Trinajstić information content (AvgIpc) is 2.94. The average molecular weight is 258 g/mol. The Bertz CT molecular complexity index is 473. The van der Waals surface area contributed by atoms with Gasteiger partial charge in [-0.15, -0.1) is 11.3 Å². The van der Waals surface area contributed by atoms with Gasteiger partial charge in [-0.05, 0) is 23.4 Å². The Balaban J connectivity index is 2.27. The first-order chi connectivity index (χ1) is 8.83. The highest BCUT2D eigenvalue weighted by Gasteiger charge is 2.20. The van der Waals surface area contributed by atoms with Crippen LogP contribution in [0.1, 0.15) is 35.8 Å². The monoisotopic (exact) mass is 258 g/mol. The lowest BCUT2D eigenvalue weighted by atomic mass is 9.93. The van der Waals surface area contributed by atoms with Gasteiger partial charge in [-0.2, -0.15) is 0 Å². The quantitative estimate of drug-likeness (QED) is 0.781. The van der Waals surface area contributed by atoms with Crippen molar-refractivity contribution in [3.63, 3.8) is 0 Å². The van der Waals surface area contributed by atoms with Crippen molar-refractivity contribution in [2.24, 2.45) is 0 Å². The van der Waals surface area contributed by atoms with Crippen molar-refractivity contribution in [2.45, 2.75) is 25.4 Å². The van der Waals surface area contributed by atoms with Crippen LogP contribution in [0.15, 0.2) is 60.0 Å². The summed E-state index contributed by atoms with van der Waals surface area (Å²) in [4.78, 5) is 1.20. The lowest BCUT2D eigenvalue weighted by molar-refractivity contribution is 0.163. The standard InChI is InChI=1S/C16H18OS/c1-2-3-10-14(15-11-7-12-18-15)16(17)13-8-5-4-6-9-13/h3-12,14,16-17H,2H2,1H3/b10-3+/t14-,16-/m0/s1. The molecule has 1 heterocycles. The van der Waals surface area contributed by atoms with Gasteiger partial charge in [0.25, 0.3) is 0 Å². The second-order valence-corrected chi connectivity index (χ2v) is 5.21. The Hall–Kier alpha value is -1.38. The molecular formula is C16H18OS. The van der Waals surface area contributed by atoms with Crippen LogP contribution in [0.5, 0.6) is 0 Å². The molecule has 94 valence electrons. The molecule has 0 aliphatic rings. The van der Waals surface area contributed by atoms with E-state index in [2.05, 4.69) is 30.5 Å². The number of hydrogen-bond donors (Lipinski definition) is 1. The third-order valence-electron chi connectivity index (χ3n) is 2.93. The van der Waals surface area contributed by atoms with E-state index in [4.69, 9.17) is 0 Å². The third-order valence-corrected chi connectivity index (χ3v) is 3.91. The van der Waals surface area contributed by atoms with E-state index >= 15 is 0 Å². The second kappa shape index (κ2) is 6.53. The van der Waals surface area contributed by atoms with Crippen molar-refractivity contribution in [2.75, 3.05) is 0 Å². The molecule has 0 saturated heterocycles. The molecular weight excluding hydrogens is 240 g/mol. The molecule has 0 amide bonds. The lowest BCUT2D eigenvalue weighted by Gasteiger charge is -2.19. The van der Waals surface area contributed by atoms with Crippen LogP contribution in [0.25, 0.3) is 0 Å². The van der Waals surface area contributed by atoms with Crippen molar-refractivity contribution in [1.29, 1.82) is 0 Å². The number of rotatable bonds is 5. The largest absolute Gasteiger partial charge is 0.387 e. The number of hydrogen-bond acceptors (Lipinski definition) is 2. The molecule has 2 rings (SSSR count). The molecule has 1 nitrogen and oxygen atoms in total. The van der Waals surface area contributed by atoms with Crippen LogP contribution in [0.3, 0.4) is 0 Å². The van der Waals surface area contributed by atoms with Crippen molar-refractivity contribution in [1.82, 2.24) is 0 Å². The first kappa shape index (κ1) is 13.1. The minimum absolute atomic E-state index is 0.0485. The van der Waals surface area contributed by atoms with Gasteiger partial charge in [0.1, 0.15) is 0 Å². The molecule has 0 unspecified atom stereocenters. The molecule has 0 saturated carbocycles. The molecule has 0 radical (unpaired) electrons. The van der Waals surface area contributed by atoms with E-state index in [-0.39, 0.29) is 5.92 Å². The van der Waals surface area contributed by atoms with Crippen LogP contribution >= 0.6 is 11.3 Å².